The average molecular weight is 460 g/mol. The van der Waals surface area contributed by atoms with Gasteiger partial charge < -0.3 is 5.32 Å². The van der Waals surface area contributed by atoms with Gasteiger partial charge in [-0.3, -0.25) is 19.2 Å². The highest BCUT2D eigenvalue weighted by Gasteiger charge is 2.28. The largest absolute Gasteiger partial charge is 0.324 e. The fourth-order valence-corrected chi connectivity index (χ4v) is 4.58. The van der Waals surface area contributed by atoms with Gasteiger partial charge in [0.25, 0.3) is 15.7 Å². The highest BCUT2D eigenvalue weighted by Crippen LogP contribution is 2.31. The topological polar surface area (TPSA) is 110 Å². The lowest BCUT2D eigenvalue weighted by Crippen LogP contribution is -2.38. The van der Waals surface area contributed by atoms with Crippen LogP contribution in [-0.2, 0) is 14.8 Å². The molecule has 0 saturated heterocycles. The van der Waals surface area contributed by atoms with Crippen molar-refractivity contribution in [3.63, 3.8) is 0 Å². The van der Waals surface area contributed by atoms with Gasteiger partial charge >= 0.3 is 0 Å². The van der Waals surface area contributed by atoms with Crippen LogP contribution in [-0.4, -0.2) is 25.8 Å². The number of anilines is 2. The summed E-state index contributed by atoms with van der Waals surface area (Å²) in [5, 5.41) is 13.8. The molecule has 8 nitrogen and oxygen atoms in total. The lowest BCUT2D eigenvalue weighted by molar-refractivity contribution is -0.384. The van der Waals surface area contributed by atoms with Crippen LogP contribution in [0.4, 0.5) is 17.1 Å². The zero-order valence-corrected chi connectivity index (χ0v) is 17.9. The van der Waals surface area contributed by atoms with Gasteiger partial charge in [-0.1, -0.05) is 41.9 Å². The van der Waals surface area contributed by atoms with E-state index in [2.05, 4.69) is 5.32 Å². The summed E-state index contributed by atoms with van der Waals surface area (Å²) in [4.78, 5) is 23.1. The van der Waals surface area contributed by atoms with Crippen LogP contribution in [0.25, 0.3) is 0 Å². The third kappa shape index (κ3) is 5.01. The number of benzene rings is 3. The smallest absolute Gasteiger partial charge is 0.271 e. The number of halogens is 1. The first kappa shape index (κ1) is 22.3. The summed E-state index contributed by atoms with van der Waals surface area (Å²) in [5.41, 5.74) is 0.730. The number of amides is 1. The Morgan fingerprint density at radius 2 is 1.74 bits per heavy atom. The Morgan fingerprint density at radius 1 is 1.06 bits per heavy atom. The van der Waals surface area contributed by atoms with Crippen LogP contribution in [0.5, 0.6) is 0 Å². The standard InChI is InChI=1S/C21H18ClN3O5S/c1-15-19(22)11-6-12-20(15)24(31(29,30)18-9-3-2-4-10-18)14-21(26)23-16-7-5-8-17(13-16)25(27)28/h2-13H,14H2,1H3,(H,23,26). The van der Waals surface area contributed by atoms with Crippen molar-refractivity contribution in [2.75, 3.05) is 16.2 Å². The number of carbonyl (C=O) groups is 1. The Labute approximate surface area is 184 Å². The number of nitrogens with zero attached hydrogens (tertiary/aromatic N) is 2. The molecule has 3 aromatic rings. The van der Waals surface area contributed by atoms with Gasteiger partial charge in [0.15, 0.2) is 0 Å². The number of nitro benzene ring substituents is 1. The molecular formula is C21H18ClN3O5S. The van der Waals surface area contributed by atoms with E-state index in [1.807, 2.05) is 0 Å². The monoisotopic (exact) mass is 459 g/mol. The SMILES string of the molecule is Cc1c(Cl)cccc1N(CC(=O)Nc1cccc([N+](=O)[O-])c1)S(=O)(=O)c1ccccc1. The minimum Gasteiger partial charge on any atom is -0.324 e. The molecule has 0 radical (unpaired) electrons. The lowest BCUT2D eigenvalue weighted by atomic mass is 10.2. The average Bonchev–Trinajstić information content (AvgIpc) is 2.75. The van der Waals surface area contributed by atoms with E-state index in [1.54, 1.807) is 43.3 Å². The minimum absolute atomic E-state index is 0.0116. The maximum Gasteiger partial charge on any atom is 0.271 e. The van der Waals surface area contributed by atoms with Crippen LogP contribution in [0.3, 0.4) is 0 Å². The molecule has 0 fully saturated rings. The molecule has 0 heterocycles. The molecule has 0 unspecified atom stereocenters. The van der Waals surface area contributed by atoms with Crippen molar-refractivity contribution in [3.05, 3.63) is 93.5 Å². The van der Waals surface area contributed by atoms with E-state index in [4.69, 9.17) is 11.6 Å². The summed E-state index contributed by atoms with van der Waals surface area (Å²) in [7, 11) is -4.10. The van der Waals surface area contributed by atoms with E-state index < -0.39 is 27.4 Å². The van der Waals surface area contributed by atoms with Gasteiger partial charge in [0, 0.05) is 22.8 Å². The quantitative estimate of drug-likeness (QED) is 0.416. The first-order chi connectivity index (χ1) is 14.7. The van der Waals surface area contributed by atoms with Gasteiger partial charge in [0.2, 0.25) is 5.91 Å². The molecule has 0 bridgehead atoms. The van der Waals surface area contributed by atoms with Crippen molar-refractivity contribution >= 4 is 44.6 Å². The number of rotatable bonds is 7. The first-order valence-corrected chi connectivity index (χ1v) is 10.9. The van der Waals surface area contributed by atoms with E-state index in [0.29, 0.717) is 10.6 Å². The Kier molecular flexibility index (Phi) is 6.57. The van der Waals surface area contributed by atoms with Crippen LogP contribution < -0.4 is 9.62 Å². The first-order valence-electron chi connectivity index (χ1n) is 9.07. The Hall–Kier alpha value is -3.43. The number of hydrogen-bond donors (Lipinski definition) is 1. The van der Waals surface area contributed by atoms with Gasteiger partial charge in [-0.25, -0.2) is 8.42 Å². The molecule has 0 spiro atoms. The van der Waals surface area contributed by atoms with Crippen molar-refractivity contribution in [1.82, 2.24) is 0 Å². The number of nitrogens with one attached hydrogen (secondary N) is 1. The molecule has 1 amide bonds. The molecule has 0 aromatic heterocycles. The van der Waals surface area contributed by atoms with Gasteiger partial charge in [-0.2, -0.15) is 0 Å². The number of non-ortho nitro benzene ring substituents is 1. The Bertz CT molecular complexity index is 1230. The molecule has 0 atom stereocenters. The molecule has 10 heteroatoms. The minimum atomic E-state index is -4.10. The lowest BCUT2D eigenvalue weighted by Gasteiger charge is -2.26. The van der Waals surface area contributed by atoms with Gasteiger partial charge in [0.05, 0.1) is 15.5 Å². The van der Waals surface area contributed by atoms with Gasteiger partial charge in [0.1, 0.15) is 6.54 Å². The molecule has 0 aliphatic carbocycles. The van der Waals surface area contributed by atoms with Gasteiger partial charge in [-0.15, -0.1) is 0 Å². The molecular weight excluding hydrogens is 442 g/mol. The normalized spacial score (nSPS) is 11.0. The van der Waals surface area contributed by atoms with E-state index in [1.165, 1.54) is 36.4 Å². The van der Waals surface area contributed by atoms with Crippen molar-refractivity contribution in [2.45, 2.75) is 11.8 Å². The summed E-state index contributed by atoms with van der Waals surface area (Å²) in [6, 6.07) is 17.9. The van der Waals surface area contributed by atoms with Gasteiger partial charge in [-0.05, 0) is 42.8 Å². The fourth-order valence-electron chi connectivity index (χ4n) is 2.91. The number of nitro groups is 1. The summed E-state index contributed by atoms with van der Waals surface area (Å²) in [5.74, 6) is -0.667. The van der Waals surface area contributed by atoms with Crippen LogP contribution >= 0.6 is 11.6 Å². The van der Waals surface area contributed by atoms with E-state index in [0.717, 1.165) is 4.31 Å². The fraction of sp³-hybridized carbons (Fsp3) is 0.0952. The number of hydrogen-bond acceptors (Lipinski definition) is 5. The highest BCUT2D eigenvalue weighted by molar-refractivity contribution is 7.92. The second kappa shape index (κ2) is 9.15. The third-order valence-corrected chi connectivity index (χ3v) is 6.65. The summed E-state index contributed by atoms with van der Waals surface area (Å²) >= 11 is 6.18. The zero-order chi connectivity index (χ0) is 22.6. The Balaban J connectivity index is 1.97. The van der Waals surface area contributed by atoms with Crippen molar-refractivity contribution in [3.8, 4) is 0 Å². The van der Waals surface area contributed by atoms with Crippen LogP contribution in [0, 0.1) is 17.0 Å². The van der Waals surface area contributed by atoms with Crippen molar-refractivity contribution in [2.24, 2.45) is 0 Å². The molecule has 0 aliphatic rings. The predicted octanol–water partition coefficient (Wildman–Crippen LogP) is 4.39. The van der Waals surface area contributed by atoms with Crippen LogP contribution in [0.1, 0.15) is 5.56 Å². The van der Waals surface area contributed by atoms with E-state index in [9.17, 15) is 23.3 Å². The summed E-state index contributed by atoms with van der Waals surface area (Å²) < 4.78 is 27.7. The maximum absolute atomic E-state index is 13.3. The molecule has 0 saturated carbocycles. The summed E-state index contributed by atoms with van der Waals surface area (Å²) in [6.45, 7) is 1.10. The molecule has 0 aliphatic heterocycles. The zero-order valence-electron chi connectivity index (χ0n) is 16.4. The molecule has 3 aromatic carbocycles. The summed E-state index contributed by atoms with van der Waals surface area (Å²) in [6.07, 6.45) is 0. The van der Waals surface area contributed by atoms with Crippen molar-refractivity contribution < 1.29 is 18.1 Å². The maximum atomic E-state index is 13.3. The van der Waals surface area contributed by atoms with E-state index >= 15 is 0 Å². The van der Waals surface area contributed by atoms with E-state index in [-0.39, 0.29) is 22.0 Å². The molecule has 31 heavy (non-hydrogen) atoms. The van der Waals surface area contributed by atoms with Crippen molar-refractivity contribution in [1.29, 1.82) is 0 Å². The third-order valence-electron chi connectivity index (χ3n) is 4.47. The van der Waals surface area contributed by atoms with Crippen LogP contribution in [0.2, 0.25) is 5.02 Å². The highest BCUT2D eigenvalue weighted by atomic mass is 35.5. The second-order valence-corrected chi connectivity index (χ2v) is 8.83. The second-order valence-electron chi connectivity index (χ2n) is 6.56. The molecule has 1 N–H and O–H groups in total. The van der Waals surface area contributed by atoms with Crippen LogP contribution in [0.15, 0.2) is 77.7 Å². The molecule has 160 valence electrons. The molecule has 3 rings (SSSR count). The number of sulfonamides is 1. The predicted molar refractivity (Wildman–Crippen MR) is 119 cm³/mol. The Morgan fingerprint density at radius 3 is 2.42 bits per heavy atom. The number of carbonyl (C=O) groups excluding carboxylic acids is 1.